The monoisotopic (exact) mass is 288 g/mol. The van der Waals surface area contributed by atoms with E-state index in [1.54, 1.807) is 17.5 Å². The van der Waals surface area contributed by atoms with Gasteiger partial charge in [-0.1, -0.05) is 19.0 Å². The minimum atomic E-state index is 0.203. The molecule has 5 nitrogen and oxygen atoms in total. The van der Waals surface area contributed by atoms with E-state index in [4.69, 9.17) is 4.52 Å². The Balaban J connectivity index is 1.85. The quantitative estimate of drug-likeness (QED) is 0.781. The minimum absolute atomic E-state index is 0.203. The van der Waals surface area contributed by atoms with Crippen molar-refractivity contribution < 1.29 is 4.52 Å². The molecule has 0 saturated carbocycles. The zero-order chi connectivity index (χ0) is 13.9. The second-order valence-electron chi connectivity index (χ2n) is 4.69. The Hall–Kier alpha value is -1.79. The number of hydrogen-bond acceptors (Lipinski definition) is 6. The van der Waals surface area contributed by atoms with Gasteiger partial charge in [-0.2, -0.15) is 4.98 Å². The van der Waals surface area contributed by atoms with E-state index in [9.17, 15) is 0 Å². The lowest BCUT2D eigenvalue weighted by Crippen LogP contribution is -2.19. The third-order valence-electron chi connectivity index (χ3n) is 3.12. The largest absolute Gasteiger partial charge is 0.339 e. The first-order valence-electron chi connectivity index (χ1n) is 6.66. The molecule has 104 valence electrons. The Kier molecular flexibility index (Phi) is 3.75. The Morgan fingerprint density at radius 3 is 3.20 bits per heavy atom. The van der Waals surface area contributed by atoms with Gasteiger partial charge in [0.05, 0.1) is 10.2 Å². The molecular formula is C14H16N4OS. The molecule has 3 rings (SSSR count). The molecule has 3 aromatic rings. The van der Waals surface area contributed by atoms with Crippen LogP contribution in [0, 0.1) is 0 Å². The van der Waals surface area contributed by atoms with Crippen LogP contribution in [0.2, 0.25) is 0 Å². The van der Waals surface area contributed by atoms with Crippen molar-refractivity contribution in [2.45, 2.75) is 19.8 Å². The molecule has 0 amide bonds. The summed E-state index contributed by atoms with van der Waals surface area (Å²) in [6.45, 7) is 5.92. The summed E-state index contributed by atoms with van der Waals surface area (Å²) >= 11 is 1.66. The highest BCUT2D eigenvalue weighted by Crippen LogP contribution is 2.25. The molecule has 1 atom stereocenters. The number of nitrogens with one attached hydrogen (secondary N) is 1. The molecule has 3 heterocycles. The molecule has 1 unspecified atom stereocenters. The van der Waals surface area contributed by atoms with Gasteiger partial charge in [0.15, 0.2) is 0 Å². The summed E-state index contributed by atoms with van der Waals surface area (Å²) in [4.78, 5) is 8.87. The SMILES string of the molecule is CCNCC(C)c1nc(-c2cnc3ccsc3c2)no1. The van der Waals surface area contributed by atoms with Gasteiger partial charge >= 0.3 is 0 Å². The third-order valence-corrected chi connectivity index (χ3v) is 3.98. The molecule has 0 aliphatic heterocycles. The van der Waals surface area contributed by atoms with Crippen molar-refractivity contribution in [3.63, 3.8) is 0 Å². The number of aromatic nitrogens is 3. The van der Waals surface area contributed by atoms with E-state index in [-0.39, 0.29) is 5.92 Å². The second-order valence-corrected chi connectivity index (χ2v) is 5.64. The molecule has 3 aromatic heterocycles. The van der Waals surface area contributed by atoms with Crippen LogP contribution in [-0.2, 0) is 0 Å². The maximum atomic E-state index is 5.35. The van der Waals surface area contributed by atoms with Crippen LogP contribution in [0.1, 0.15) is 25.7 Å². The van der Waals surface area contributed by atoms with Gasteiger partial charge in [-0.25, -0.2) is 0 Å². The smallest absolute Gasteiger partial charge is 0.231 e. The average molecular weight is 288 g/mol. The summed E-state index contributed by atoms with van der Waals surface area (Å²) in [6, 6.07) is 4.06. The van der Waals surface area contributed by atoms with Gasteiger partial charge in [-0.3, -0.25) is 4.98 Å². The van der Waals surface area contributed by atoms with Crippen LogP contribution in [0.5, 0.6) is 0 Å². The first-order valence-corrected chi connectivity index (χ1v) is 7.54. The fourth-order valence-corrected chi connectivity index (χ4v) is 2.75. The number of likely N-dealkylation sites (N-methyl/N-ethyl adjacent to an activating group) is 1. The lowest BCUT2D eigenvalue weighted by atomic mass is 10.2. The van der Waals surface area contributed by atoms with Crippen LogP contribution in [0.25, 0.3) is 21.6 Å². The summed E-state index contributed by atoms with van der Waals surface area (Å²) in [5.74, 6) is 1.47. The van der Waals surface area contributed by atoms with Gasteiger partial charge in [-0.15, -0.1) is 11.3 Å². The van der Waals surface area contributed by atoms with Crippen LogP contribution in [0.4, 0.5) is 0 Å². The molecule has 0 spiro atoms. The third kappa shape index (κ3) is 2.57. The topological polar surface area (TPSA) is 63.8 Å². The molecule has 20 heavy (non-hydrogen) atoms. The first-order chi connectivity index (χ1) is 9.78. The van der Waals surface area contributed by atoms with Gasteiger partial charge in [0.1, 0.15) is 0 Å². The van der Waals surface area contributed by atoms with Crippen molar-refractivity contribution in [3.05, 3.63) is 29.6 Å². The Bertz CT molecular complexity index is 706. The van der Waals surface area contributed by atoms with E-state index in [1.165, 1.54) is 0 Å². The van der Waals surface area contributed by atoms with Crippen molar-refractivity contribution >= 4 is 21.6 Å². The summed E-state index contributed by atoms with van der Waals surface area (Å²) in [6.07, 6.45) is 1.79. The van der Waals surface area contributed by atoms with E-state index < -0.39 is 0 Å². The second kappa shape index (κ2) is 5.68. The van der Waals surface area contributed by atoms with E-state index in [0.29, 0.717) is 11.7 Å². The lowest BCUT2D eigenvalue weighted by molar-refractivity contribution is 0.355. The number of nitrogens with zero attached hydrogens (tertiary/aromatic N) is 3. The van der Waals surface area contributed by atoms with Crippen molar-refractivity contribution in [1.29, 1.82) is 0 Å². The van der Waals surface area contributed by atoms with Crippen molar-refractivity contribution in [2.24, 2.45) is 0 Å². The normalized spacial score (nSPS) is 12.9. The maximum Gasteiger partial charge on any atom is 0.231 e. The number of fused-ring (bicyclic) bond motifs is 1. The van der Waals surface area contributed by atoms with Crippen molar-refractivity contribution in [1.82, 2.24) is 20.4 Å². The van der Waals surface area contributed by atoms with Crippen LogP contribution in [0.3, 0.4) is 0 Å². The molecular weight excluding hydrogens is 272 g/mol. The zero-order valence-electron chi connectivity index (χ0n) is 11.5. The molecule has 0 saturated heterocycles. The van der Waals surface area contributed by atoms with Crippen molar-refractivity contribution in [2.75, 3.05) is 13.1 Å². The van der Waals surface area contributed by atoms with E-state index in [2.05, 4.69) is 40.4 Å². The highest BCUT2D eigenvalue weighted by atomic mass is 32.1. The highest BCUT2D eigenvalue weighted by molar-refractivity contribution is 7.17. The van der Waals surface area contributed by atoms with Gasteiger partial charge < -0.3 is 9.84 Å². The summed E-state index contributed by atoms with van der Waals surface area (Å²) < 4.78 is 6.48. The average Bonchev–Trinajstić information content (AvgIpc) is 3.12. The Morgan fingerprint density at radius 1 is 1.45 bits per heavy atom. The minimum Gasteiger partial charge on any atom is -0.339 e. The molecule has 0 fully saturated rings. The Labute approximate surface area is 121 Å². The summed E-state index contributed by atoms with van der Waals surface area (Å²) in [5.41, 5.74) is 1.90. The predicted octanol–water partition coefficient (Wildman–Crippen LogP) is 3.06. The molecule has 0 aliphatic rings. The highest BCUT2D eigenvalue weighted by Gasteiger charge is 2.15. The number of hydrogen-bond donors (Lipinski definition) is 1. The molecule has 1 N–H and O–H groups in total. The summed E-state index contributed by atoms with van der Waals surface area (Å²) in [7, 11) is 0. The van der Waals surface area contributed by atoms with E-state index in [1.807, 2.05) is 11.4 Å². The first kappa shape index (κ1) is 13.2. The summed E-state index contributed by atoms with van der Waals surface area (Å²) in [5, 5.41) is 9.36. The fourth-order valence-electron chi connectivity index (χ4n) is 1.97. The van der Waals surface area contributed by atoms with E-state index in [0.717, 1.165) is 28.9 Å². The standard InChI is InChI=1S/C14H16N4OS/c1-3-15-7-9(2)14-17-13(18-19-14)10-6-12-11(16-8-10)4-5-20-12/h4-6,8-9,15H,3,7H2,1-2H3. The fraction of sp³-hybridized carbons (Fsp3) is 0.357. The van der Waals surface area contributed by atoms with Gasteiger partial charge in [0.25, 0.3) is 0 Å². The van der Waals surface area contributed by atoms with Crippen LogP contribution >= 0.6 is 11.3 Å². The van der Waals surface area contributed by atoms with Gasteiger partial charge in [0.2, 0.25) is 11.7 Å². The number of pyridine rings is 1. The molecule has 0 aromatic carbocycles. The molecule has 0 aliphatic carbocycles. The van der Waals surface area contributed by atoms with Crippen LogP contribution < -0.4 is 5.32 Å². The van der Waals surface area contributed by atoms with Gasteiger partial charge in [-0.05, 0) is 24.1 Å². The molecule has 0 bridgehead atoms. The zero-order valence-corrected chi connectivity index (χ0v) is 12.3. The van der Waals surface area contributed by atoms with Crippen LogP contribution in [-0.4, -0.2) is 28.2 Å². The number of thiophene rings is 1. The van der Waals surface area contributed by atoms with Crippen molar-refractivity contribution in [3.8, 4) is 11.4 Å². The molecule has 0 radical (unpaired) electrons. The lowest BCUT2D eigenvalue weighted by Gasteiger charge is -2.05. The van der Waals surface area contributed by atoms with Gasteiger partial charge in [0, 0.05) is 24.2 Å². The van der Waals surface area contributed by atoms with Crippen LogP contribution in [0.15, 0.2) is 28.2 Å². The molecule has 6 heteroatoms. The number of rotatable bonds is 5. The predicted molar refractivity (Wildman–Crippen MR) is 79.9 cm³/mol. The van der Waals surface area contributed by atoms with E-state index >= 15 is 0 Å². The Morgan fingerprint density at radius 2 is 2.35 bits per heavy atom. The maximum absolute atomic E-state index is 5.35.